The van der Waals surface area contributed by atoms with Crippen LogP contribution in [0.2, 0.25) is 0 Å². The Kier molecular flexibility index (Phi) is 5.65. The number of aromatic nitrogens is 4. The number of nitrogens with zero attached hydrogens (tertiary/aromatic N) is 3. The van der Waals surface area contributed by atoms with Gasteiger partial charge in [0.15, 0.2) is 5.16 Å². The van der Waals surface area contributed by atoms with Crippen LogP contribution >= 0.6 is 11.8 Å². The van der Waals surface area contributed by atoms with E-state index in [9.17, 15) is 4.79 Å². The first-order valence-corrected chi connectivity index (χ1v) is 8.34. The largest absolute Gasteiger partial charge is 0.496 e. The minimum Gasteiger partial charge on any atom is -0.496 e. The topological polar surface area (TPSA) is 72.8 Å². The number of thioether (sulfide) groups is 1. The molecule has 0 saturated carbocycles. The number of ether oxygens (including phenoxy) is 1. The molecule has 0 aromatic carbocycles. The van der Waals surface area contributed by atoms with E-state index in [1.165, 1.54) is 11.8 Å². The molecule has 22 heavy (non-hydrogen) atoms. The SMILES string of the molecule is CCCCn1c(SCc2ncc(C)c(OC)c2C)n[nH]c1=O. The molecule has 0 fully saturated rings. The van der Waals surface area contributed by atoms with Gasteiger partial charge in [0, 0.05) is 29.6 Å². The van der Waals surface area contributed by atoms with E-state index in [2.05, 4.69) is 22.1 Å². The average Bonchev–Trinajstić information content (AvgIpc) is 2.85. The number of hydrogen-bond donors (Lipinski definition) is 1. The van der Waals surface area contributed by atoms with Crippen molar-refractivity contribution in [1.82, 2.24) is 19.7 Å². The number of unbranched alkanes of at least 4 members (excludes halogenated alkanes) is 1. The summed E-state index contributed by atoms with van der Waals surface area (Å²) in [6.07, 6.45) is 3.82. The first-order chi connectivity index (χ1) is 10.6. The first kappa shape index (κ1) is 16.6. The van der Waals surface area contributed by atoms with E-state index >= 15 is 0 Å². The van der Waals surface area contributed by atoms with Crippen LogP contribution in [0.3, 0.4) is 0 Å². The summed E-state index contributed by atoms with van der Waals surface area (Å²) in [6, 6.07) is 0. The Hall–Kier alpha value is -1.76. The summed E-state index contributed by atoms with van der Waals surface area (Å²) in [5, 5.41) is 7.33. The van der Waals surface area contributed by atoms with Crippen LogP contribution in [0.25, 0.3) is 0 Å². The molecule has 0 saturated heterocycles. The van der Waals surface area contributed by atoms with Gasteiger partial charge in [-0.2, -0.15) is 0 Å². The minimum atomic E-state index is -0.151. The van der Waals surface area contributed by atoms with Gasteiger partial charge in [-0.25, -0.2) is 9.89 Å². The molecule has 1 N–H and O–H groups in total. The van der Waals surface area contributed by atoms with Crippen LogP contribution in [0, 0.1) is 13.8 Å². The average molecular weight is 322 g/mol. The van der Waals surface area contributed by atoms with Crippen LogP contribution in [0.4, 0.5) is 0 Å². The Labute approximate surface area is 134 Å². The van der Waals surface area contributed by atoms with Gasteiger partial charge in [-0.05, 0) is 20.3 Å². The van der Waals surface area contributed by atoms with Crippen LogP contribution in [-0.4, -0.2) is 26.9 Å². The molecule has 2 aromatic heterocycles. The van der Waals surface area contributed by atoms with Crippen molar-refractivity contribution in [3.63, 3.8) is 0 Å². The van der Waals surface area contributed by atoms with Crippen LogP contribution in [-0.2, 0) is 12.3 Å². The van der Waals surface area contributed by atoms with Crippen LogP contribution in [0.15, 0.2) is 16.1 Å². The lowest BCUT2D eigenvalue weighted by atomic mass is 10.1. The molecule has 0 aliphatic heterocycles. The molecule has 0 amide bonds. The van der Waals surface area contributed by atoms with Gasteiger partial charge >= 0.3 is 5.69 Å². The molecule has 2 heterocycles. The number of aryl methyl sites for hydroxylation is 1. The van der Waals surface area contributed by atoms with Crippen LogP contribution < -0.4 is 10.4 Å². The maximum atomic E-state index is 11.8. The Morgan fingerprint density at radius 3 is 2.86 bits per heavy atom. The van der Waals surface area contributed by atoms with Crippen molar-refractivity contribution in [3.8, 4) is 5.75 Å². The number of pyridine rings is 1. The Morgan fingerprint density at radius 1 is 1.41 bits per heavy atom. The molecule has 0 spiro atoms. The lowest BCUT2D eigenvalue weighted by Crippen LogP contribution is -2.17. The van der Waals surface area contributed by atoms with Crippen molar-refractivity contribution in [1.29, 1.82) is 0 Å². The highest BCUT2D eigenvalue weighted by atomic mass is 32.2. The van der Waals surface area contributed by atoms with E-state index in [0.29, 0.717) is 17.5 Å². The maximum absolute atomic E-state index is 11.8. The molecule has 0 aliphatic carbocycles. The predicted molar refractivity (Wildman–Crippen MR) is 87.6 cm³/mol. The van der Waals surface area contributed by atoms with Gasteiger partial charge in [0.2, 0.25) is 0 Å². The molecule has 120 valence electrons. The second-order valence-electron chi connectivity index (χ2n) is 5.15. The third-order valence-corrected chi connectivity index (χ3v) is 4.53. The zero-order valence-electron chi connectivity index (χ0n) is 13.5. The quantitative estimate of drug-likeness (QED) is 0.793. The second-order valence-corrected chi connectivity index (χ2v) is 6.09. The Bertz CT molecular complexity index is 693. The van der Waals surface area contributed by atoms with Crippen LogP contribution in [0.5, 0.6) is 5.75 Å². The number of nitrogens with one attached hydrogen (secondary N) is 1. The van der Waals surface area contributed by atoms with E-state index < -0.39 is 0 Å². The third-order valence-electron chi connectivity index (χ3n) is 3.55. The molecule has 0 radical (unpaired) electrons. The summed E-state index contributed by atoms with van der Waals surface area (Å²) in [5.74, 6) is 1.52. The number of hydrogen-bond acceptors (Lipinski definition) is 5. The van der Waals surface area contributed by atoms with Crippen molar-refractivity contribution in [2.75, 3.05) is 7.11 Å². The van der Waals surface area contributed by atoms with Crippen molar-refractivity contribution < 1.29 is 4.74 Å². The first-order valence-electron chi connectivity index (χ1n) is 7.35. The zero-order valence-corrected chi connectivity index (χ0v) is 14.3. The summed E-state index contributed by atoms with van der Waals surface area (Å²) in [5.41, 5.74) is 2.86. The highest BCUT2D eigenvalue weighted by Crippen LogP contribution is 2.28. The van der Waals surface area contributed by atoms with Gasteiger partial charge in [-0.1, -0.05) is 25.1 Å². The third kappa shape index (κ3) is 3.52. The summed E-state index contributed by atoms with van der Waals surface area (Å²) < 4.78 is 7.11. The highest BCUT2D eigenvalue weighted by Gasteiger charge is 2.13. The summed E-state index contributed by atoms with van der Waals surface area (Å²) in [7, 11) is 1.67. The summed E-state index contributed by atoms with van der Waals surface area (Å²) in [4.78, 5) is 16.2. The van der Waals surface area contributed by atoms with Gasteiger partial charge < -0.3 is 4.74 Å². The highest BCUT2D eigenvalue weighted by molar-refractivity contribution is 7.98. The number of rotatable bonds is 7. The van der Waals surface area contributed by atoms with Gasteiger partial charge in [0.05, 0.1) is 12.8 Å². The van der Waals surface area contributed by atoms with E-state index in [4.69, 9.17) is 4.74 Å². The van der Waals surface area contributed by atoms with Gasteiger partial charge in [0.1, 0.15) is 5.75 Å². The fourth-order valence-electron chi connectivity index (χ4n) is 2.28. The zero-order chi connectivity index (χ0) is 16.1. The minimum absolute atomic E-state index is 0.151. The lowest BCUT2D eigenvalue weighted by Gasteiger charge is -2.12. The van der Waals surface area contributed by atoms with Gasteiger partial charge in [-0.3, -0.25) is 9.55 Å². The van der Waals surface area contributed by atoms with Crippen molar-refractivity contribution in [2.45, 2.75) is 51.1 Å². The molecular formula is C15H22N4O2S. The maximum Gasteiger partial charge on any atom is 0.343 e. The van der Waals surface area contributed by atoms with E-state index in [1.807, 2.05) is 20.0 Å². The van der Waals surface area contributed by atoms with E-state index in [-0.39, 0.29) is 5.69 Å². The molecule has 2 rings (SSSR count). The smallest absolute Gasteiger partial charge is 0.343 e. The molecule has 0 bridgehead atoms. The van der Waals surface area contributed by atoms with E-state index in [0.717, 1.165) is 35.4 Å². The number of H-pyrrole nitrogens is 1. The van der Waals surface area contributed by atoms with Gasteiger partial charge in [-0.15, -0.1) is 5.10 Å². The summed E-state index contributed by atoms with van der Waals surface area (Å²) >= 11 is 1.51. The molecule has 7 heteroatoms. The second kappa shape index (κ2) is 7.49. The molecule has 2 aromatic rings. The monoisotopic (exact) mass is 322 g/mol. The molecular weight excluding hydrogens is 300 g/mol. The Balaban J connectivity index is 2.16. The lowest BCUT2D eigenvalue weighted by molar-refractivity contribution is 0.407. The fraction of sp³-hybridized carbons (Fsp3) is 0.533. The molecule has 6 nitrogen and oxygen atoms in total. The van der Waals surface area contributed by atoms with Crippen molar-refractivity contribution >= 4 is 11.8 Å². The molecule has 0 unspecified atom stereocenters. The van der Waals surface area contributed by atoms with E-state index in [1.54, 1.807) is 11.7 Å². The van der Waals surface area contributed by atoms with Gasteiger partial charge in [0.25, 0.3) is 0 Å². The number of methoxy groups -OCH3 is 1. The standard InChI is InChI=1S/C15H22N4O2S/c1-5-6-7-19-14(20)17-18-15(19)22-9-12-11(3)13(21-4)10(2)8-16-12/h8H,5-7,9H2,1-4H3,(H,17,20). The molecule has 0 atom stereocenters. The predicted octanol–water partition coefficient (Wildman–Crippen LogP) is 2.68. The normalized spacial score (nSPS) is 10.9. The Morgan fingerprint density at radius 2 is 2.18 bits per heavy atom. The van der Waals surface area contributed by atoms with Crippen molar-refractivity contribution in [2.24, 2.45) is 0 Å². The van der Waals surface area contributed by atoms with Crippen LogP contribution in [0.1, 0.15) is 36.6 Å². The van der Waals surface area contributed by atoms with Crippen molar-refractivity contribution in [3.05, 3.63) is 33.5 Å². The molecule has 0 aliphatic rings. The fourth-order valence-corrected chi connectivity index (χ4v) is 3.27. The summed E-state index contributed by atoms with van der Waals surface area (Å²) in [6.45, 7) is 6.77. The number of aromatic amines is 1.